The number of benzene rings is 2. The minimum absolute atomic E-state index is 0.0662. The summed E-state index contributed by atoms with van der Waals surface area (Å²) < 4.78 is 0. The predicted molar refractivity (Wildman–Crippen MR) is 76.2 cm³/mol. The Morgan fingerprint density at radius 2 is 1.82 bits per heavy atom. The molecule has 2 aromatic rings. The van der Waals surface area contributed by atoms with E-state index in [1.54, 1.807) is 6.07 Å². The highest BCUT2D eigenvalue weighted by atomic mass is 16.6. The van der Waals surface area contributed by atoms with E-state index in [0.717, 1.165) is 0 Å². The highest BCUT2D eigenvalue weighted by molar-refractivity contribution is 5.94. The van der Waals surface area contributed by atoms with E-state index in [1.807, 2.05) is 0 Å². The Labute approximate surface area is 125 Å². The normalized spacial score (nSPS) is 10.0. The summed E-state index contributed by atoms with van der Waals surface area (Å²) in [4.78, 5) is 33.0. The molecule has 0 radical (unpaired) electrons. The van der Waals surface area contributed by atoms with Crippen LogP contribution in [0.1, 0.15) is 15.9 Å². The number of nitro benzene ring substituents is 1. The van der Waals surface area contributed by atoms with Gasteiger partial charge in [-0.05, 0) is 17.7 Å². The smallest absolute Gasteiger partial charge is 0.273 e. The van der Waals surface area contributed by atoms with Gasteiger partial charge in [0.05, 0.1) is 17.3 Å². The largest absolute Gasteiger partial charge is 0.545 e. The summed E-state index contributed by atoms with van der Waals surface area (Å²) in [7, 11) is 0. The second kappa shape index (κ2) is 6.49. The van der Waals surface area contributed by atoms with Crippen molar-refractivity contribution in [3.63, 3.8) is 0 Å². The molecule has 0 heterocycles. The SMILES string of the molecule is O=C(Cc1ccccc1[N+](=O)[O-])Nc1cccc(C(=O)[O-])c1. The number of aromatic carboxylic acids is 1. The Morgan fingerprint density at radius 3 is 2.50 bits per heavy atom. The van der Waals surface area contributed by atoms with Gasteiger partial charge in [0, 0.05) is 17.3 Å². The van der Waals surface area contributed by atoms with Crippen molar-refractivity contribution in [2.24, 2.45) is 0 Å². The van der Waals surface area contributed by atoms with Gasteiger partial charge in [-0.1, -0.05) is 30.3 Å². The van der Waals surface area contributed by atoms with Crippen LogP contribution < -0.4 is 10.4 Å². The van der Waals surface area contributed by atoms with Crippen LogP contribution in [0.4, 0.5) is 11.4 Å². The molecular formula is C15H11N2O5-. The molecule has 0 atom stereocenters. The van der Waals surface area contributed by atoms with Crippen molar-refractivity contribution in [2.45, 2.75) is 6.42 Å². The van der Waals surface area contributed by atoms with Crippen LogP contribution in [0.25, 0.3) is 0 Å². The first kappa shape index (κ1) is 15.2. The molecule has 0 unspecified atom stereocenters. The topological polar surface area (TPSA) is 112 Å². The number of anilines is 1. The number of carboxylic acids is 1. The lowest BCUT2D eigenvalue weighted by Crippen LogP contribution is -2.22. The van der Waals surface area contributed by atoms with Crippen LogP contribution in [0, 0.1) is 10.1 Å². The standard InChI is InChI=1S/C15H12N2O5/c18-14(9-10-4-1-2-7-13(10)17(21)22)16-12-6-3-5-11(8-12)15(19)20/h1-8H,9H2,(H,16,18)(H,19,20)/p-1. The highest BCUT2D eigenvalue weighted by Gasteiger charge is 2.15. The molecule has 2 aromatic carbocycles. The zero-order valence-electron chi connectivity index (χ0n) is 11.3. The lowest BCUT2D eigenvalue weighted by atomic mass is 10.1. The number of nitrogens with one attached hydrogen (secondary N) is 1. The first-order valence-electron chi connectivity index (χ1n) is 6.31. The maximum Gasteiger partial charge on any atom is 0.273 e. The summed E-state index contributed by atoms with van der Waals surface area (Å²) in [6.45, 7) is 0. The van der Waals surface area contributed by atoms with Crippen molar-refractivity contribution in [1.29, 1.82) is 0 Å². The molecule has 7 nitrogen and oxygen atoms in total. The third-order valence-electron chi connectivity index (χ3n) is 2.92. The number of carbonyl (C=O) groups is 2. The monoisotopic (exact) mass is 299 g/mol. The van der Waals surface area contributed by atoms with E-state index < -0.39 is 16.8 Å². The third-order valence-corrected chi connectivity index (χ3v) is 2.92. The van der Waals surface area contributed by atoms with Crippen LogP contribution in [-0.4, -0.2) is 16.8 Å². The fourth-order valence-electron chi connectivity index (χ4n) is 1.94. The van der Waals surface area contributed by atoms with Gasteiger partial charge in [-0.3, -0.25) is 14.9 Å². The van der Waals surface area contributed by atoms with Gasteiger partial charge in [-0.15, -0.1) is 0 Å². The summed E-state index contributed by atoms with van der Waals surface area (Å²) in [5, 5.41) is 24.1. The van der Waals surface area contributed by atoms with E-state index in [-0.39, 0.29) is 28.9 Å². The van der Waals surface area contributed by atoms with Crippen molar-refractivity contribution < 1.29 is 19.6 Å². The lowest BCUT2D eigenvalue weighted by molar-refractivity contribution is -0.385. The second-order valence-corrected chi connectivity index (χ2v) is 4.48. The number of rotatable bonds is 5. The van der Waals surface area contributed by atoms with Crippen molar-refractivity contribution in [3.8, 4) is 0 Å². The molecule has 22 heavy (non-hydrogen) atoms. The molecule has 1 N–H and O–H groups in total. The molecule has 0 spiro atoms. The van der Waals surface area contributed by atoms with Crippen LogP contribution in [0.5, 0.6) is 0 Å². The van der Waals surface area contributed by atoms with E-state index in [0.29, 0.717) is 0 Å². The maximum atomic E-state index is 11.9. The van der Waals surface area contributed by atoms with Gasteiger partial charge < -0.3 is 15.2 Å². The van der Waals surface area contributed by atoms with Gasteiger partial charge in [0.2, 0.25) is 5.91 Å². The first-order valence-corrected chi connectivity index (χ1v) is 6.31. The van der Waals surface area contributed by atoms with Crippen LogP contribution >= 0.6 is 0 Å². The van der Waals surface area contributed by atoms with Crippen molar-refractivity contribution in [3.05, 3.63) is 69.8 Å². The van der Waals surface area contributed by atoms with E-state index in [4.69, 9.17) is 0 Å². The molecule has 112 valence electrons. The molecule has 0 aliphatic rings. The summed E-state index contributed by atoms with van der Waals surface area (Å²) in [5.41, 5.74) is 0.357. The molecule has 0 saturated carbocycles. The quantitative estimate of drug-likeness (QED) is 0.657. The zero-order chi connectivity index (χ0) is 16.1. The van der Waals surface area contributed by atoms with Crippen LogP contribution in [0.2, 0.25) is 0 Å². The summed E-state index contributed by atoms with van der Waals surface area (Å²) in [6, 6.07) is 11.5. The fraction of sp³-hybridized carbons (Fsp3) is 0.0667. The Bertz CT molecular complexity index is 742. The van der Waals surface area contributed by atoms with Gasteiger partial charge in [-0.25, -0.2) is 0 Å². The number of nitrogens with zero attached hydrogens (tertiary/aromatic N) is 1. The Kier molecular flexibility index (Phi) is 4.47. The maximum absolute atomic E-state index is 11.9. The summed E-state index contributed by atoms with van der Waals surface area (Å²) in [5.74, 6) is -1.83. The number of nitro groups is 1. The highest BCUT2D eigenvalue weighted by Crippen LogP contribution is 2.19. The molecule has 0 bridgehead atoms. The minimum Gasteiger partial charge on any atom is -0.545 e. The molecule has 2 rings (SSSR count). The first-order chi connectivity index (χ1) is 10.5. The number of hydrogen-bond acceptors (Lipinski definition) is 5. The van der Waals surface area contributed by atoms with E-state index in [9.17, 15) is 24.8 Å². The number of para-hydroxylation sites is 1. The lowest BCUT2D eigenvalue weighted by Gasteiger charge is -2.08. The average Bonchev–Trinajstić information content (AvgIpc) is 2.47. The number of carboxylic acid groups (broad SMARTS) is 1. The third kappa shape index (κ3) is 3.66. The molecule has 7 heteroatoms. The predicted octanol–water partition coefficient (Wildman–Crippen LogP) is 1.14. The van der Waals surface area contributed by atoms with Crippen molar-refractivity contribution >= 4 is 23.3 Å². The molecule has 1 amide bonds. The molecule has 0 aromatic heterocycles. The van der Waals surface area contributed by atoms with Gasteiger partial charge in [0.1, 0.15) is 0 Å². The Morgan fingerprint density at radius 1 is 1.09 bits per heavy atom. The zero-order valence-corrected chi connectivity index (χ0v) is 11.3. The summed E-state index contributed by atoms with van der Waals surface area (Å²) >= 11 is 0. The van der Waals surface area contributed by atoms with Crippen LogP contribution in [-0.2, 0) is 11.2 Å². The Hall–Kier alpha value is -3.22. The molecule has 0 aliphatic heterocycles. The van der Waals surface area contributed by atoms with Gasteiger partial charge in [-0.2, -0.15) is 0 Å². The molecule has 0 saturated heterocycles. The van der Waals surface area contributed by atoms with E-state index in [2.05, 4.69) is 5.32 Å². The number of amides is 1. The number of carbonyl (C=O) groups excluding carboxylic acids is 2. The Balaban J connectivity index is 2.12. The molecule has 0 fully saturated rings. The summed E-state index contributed by atoms with van der Waals surface area (Å²) in [6.07, 6.45) is -0.188. The van der Waals surface area contributed by atoms with Gasteiger partial charge in [0.15, 0.2) is 0 Å². The van der Waals surface area contributed by atoms with E-state index in [1.165, 1.54) is 42.5 Å². The second-order valence-electron chi connectivity index (χ2n) is 4.48. The molecular weight excluding hydrogens is 288 g/mol. The van der Waals surface area contributed by atoms with Gasteiger partial charge in [0.25, 0.3) is 5.69 Å². The molecule has 0 aliphatic carbocycles. The van der Waals surface area contributed by atoms with Crippen molar-refractivity contribution in [2.75, 3.05) is 5.32 Å². The van der Waals surface area contributed by atoms with Gasteiger partial charge >= 0.3 is 0 Å². The van der Waals surface area contributed by atoms with Crippen LogP contribution in [0.3, 0.4) is 0 Å². The fourth-order valence-corrected chi connectivity index (χ4v) is 1.94. The van der Waals surface area contributed by atoms with Crippen LogP contribution in [0.15, 0.2) is 48.5 Å². The van der Waals surface area contributed by atoms with E-state index >= 15 is 0 Å². The average molecular weight is 299 g/mol. The van der Waals surface area contributed by atoms with Crippen molar-refractivity contribution in [1.82, 2.24) is 0 Å². The number of hydrogen-bond donors (Lipinski definition) is 1. The minimum atomic E-state index is -1.35.